The van der Waals surface area contributed by atoms with Crippen LogP contribution < -0.4 is 11.1 Å². The predicted octanol–water partition coefficient (Wildman–Crippen LogP) is 4.22. The van der Waals surface area contributed by atoms with Crippen molar-refractivity contribution in [1.82, 2.24) is 4.98 Å². The molecular formula is C16H22ClN3OS2. The zero-order valence-corrected chi connectivity index (χ0v) is 15.7. The van der Waals surface area contributed by atoms with Gasteiger partial charge in [-0.15, -0.1) is 35.1 Å². The lowest BCUT2D eigenvalue weighted by atomic mass is 9.95. The first-order valence-corrected chi connectivity index (χ1v) is 9.27. The van der Waals surface area contributed by atoms with E-state index in [1.807, 2.05) is 0 Å². The third-order valence-corrected chi connectivity index (χ3v) is 6.19. The number of rotatable bonds is 4. The van der Waals surface area contributed by atoms with Crippen molar-refractivity contribution in [2.24, 2.45) is 17.6 Å². The molecule has 0 radical (unpaired) electrons. The Kier molecular flexibility index (Phi) is 6.19. The van der Waals surface area contributed by atoms with Gasteiger partial charge < -0.3 is 11.1 Å². The number of thiazole rings is 1. The largest absolute Gasteiger partial charge is 0.330 e. The first-order valence-electron chi connectivity index (χ1n) is 7.63. The van der Waals surface area contributed by atoms with Crippen LogP contribution in [0, 0.1) is 25.7 Å². The van der Waals surface area contributed by atoms with Crippen LogP contribution in [0.1, 0.15) is 29.0 Å². The van der Waals surface area contributed by atoms with Crippen molar-refractivity contribution in [2.75, 3.05) is 11.9 Å². The molecule has 4 nitrogen and oxygen atoms in total. The number of carbonyl (C=O) groups excluding carboxylic acids is 1. The van der Waals surface area contributed by atoms with Crippen LogP contribution in [0.5, 0.6) is 0 Å². The quantitative estimate of drug-likeness (QED) is 0.845. The number of hydrogen-bond donors (Lipinski definition) is 2. The molecule has 2 aromatic rings. The van der Waals surface area contributed by atoms with Crippen molar-refractivity contribution in [2.45, 2.75) is 33.1 Å². The van der Waals surface area contributed by atoms with Crippen molar-refractivity contribution in [3.8, 4) is 10.6 Å². The Morgan fingerprint density at radius 2 is 2.13 bits per heavy atom. The van der Waals surface area contributed by atoms with Gasteiger partial charge in [0, 0.05) is 15.7 Å². The van der Waals surface area contributed by atoms with E-state index in [2.05, 4.69) is 36.3 Å². The van der Waals surface area contributed by atoms with Crippen LogP contribution in [0.25, 0.3) is 10.6 Å². The van der Waals surface area contributed by atoms with Gasteiger partial charge in [0.2, 0.25) is 5.91 Å². The molecule has 1 amide bonds. The van der Waals surface area contributed by atoms with Gasteiger partial charge in [-0.3, -0.25) is 4.79 Å². The normalized spacial score (nSPS) is 20.3. The van der Waals surface area contributed by atoms with Gasteiger partial charge in [-0.1, -0.05) is 6.42 Å². The Labute approximate surface area is 150 Å². The molecule has 0 aliphatic heterocycles. The molecule has 0 unspecified atom stereocenters. The van der Waals surface area contributed by atoms with E-state index >= 15 is 0 Å². The molecule has 23 heavy (non-hydrogen) atoms. The molecule has 1 aliphatic rings. The molecule has 7 heteroatoms. The summed E-state index contributed by atoms with van der Waals surface area (Å²) >= 11 is 3.28. The van der Waals surface area contributed by atoms with Gasteiger partial charge in [0.05, 0.1) is 10.6 Å². The first-order chi connectivity index (χ1) is 10.6. The minimum absolute atomic E-state index is 0. The van der Waals surface area contributed by atoms with Gasteiger partial charge in [0.25, 0.3) is 0 Å². The third-order valence-electron chi connectivity index (χ3n) is 4.30. The van der Waals surface area contributed by atoms with Crippen molar-refractivity contribution in [3.05, 3.63) is 21.9 Å². The maximum Gasteiger partial charge on any atom is 0.229 e. The van der Waals surface area contributed by atoms with Crippen LogP contribution in [-0.2, 0) is 4.79 Å². The maximum atomic E-state index is 12.4. The molecule has 3 N–H and O–H groups in total. The average Bonchev–Trinajstić information content (AvgIpc) is 3.18. The van der Waals surface area contributed by atoms with Crippen LogP contribution >= 0.6 is 35.1 Å². The Hall–Kier alpha value is -0.950. The molecule has 0 aromatic carbocycles. The summed E-state index contributed by atoms with van der Waals surface area (Å²) in [5.41, 5.74) is 6.76. The molecule has 126 valence electrons. The van der Waals surface area contributed by atoms with Crippen LogP contribution in [0.2, 0.25) is 0 Å². The number of carbonyl (C=O) groups is 1. The van der Waals surface area contributed by atoms with E-state index in [0.717, 1.165) is 34.7 Å². The molecule has 0 spiro atoms. The highest BCUT2D eigenvalue weighted by Crippen LogP contribution is 2.36. The summed E-state index contributed by atoms with van der Waals surface area (Å²) in [6.45, 7) is 4.73. The van der Waals surface area contributed by atoms with Crippen LogP contribution in [-0.4, -0.2) is 17.4 Å². The maximum absolute atomic E-state index is 12.4. The lowest BCUT2D eigenvalue weighted by molar-refractivity contribution is -0.120. The van der Waals surface area contributed by atoms with Crippen molar-refractivity contribution < 1.29 is 4.79 Å². The number of amides is 1. The van der Waals surface area contributed by atoms with Gasteiger partial charge in [0.1, 0.15) is 0 Å². The minimum atomic E-state index is 0. The zero-order valence-electron chi connectivity index (χ0n) is 13.3. The summed E-state index contributed by atoms with van der Waals surface area (Å²) in [7, 11) is 0. The number of nitrogens with one attached hydrogen (secondary N) is 1. The van der Waals surface area contributed by atoms with E-state index in [0.29, 0.717) is 17.6 Å². The second kappa shape index (κ2) is 7.75. The highest BCUT2D eigenvalue weighted by molar-refractivity contribution is 7.18. The fourth-order valence-corrected chi connectivity index (χ4v) is 4.91. The van der Waals surface area contributed by atoms with Gasteiger partial charge in [-0.25, -0.2) is 4.98 Å². The number of halogens is 1. The summed E-state index contributed by atoms with van der Waals surface area (Å²) < 4.78 is 0. The molecule has 3 rings (SSSR count). The monoisotopic (exact) mass is 371 g/mol. The Balaban J connectivity index is 0.00000192. The molecule has 2 aromatic heterocycles. The molecule has 0 bridgehead atoms. The van der Waals surface area contributed by atoms with E-state index in [1.54, 1.807) is 22.7 Å². The highest BCUT2D eigenvalue weighted by atomic mass is 35.5. The van der Waals surface area contributed by atoms with Gasteiger partial charge in [-0.2, -0.15) is 0 Å². The SMILES string of the molecule is Cc1ccc(-c2nc(NC(=O)[C@@H]3CCC[C@@H]3CN)sc2C)s1.Cl. The average molecular weight is 372 g/mol. The number of aromatic nitrogens is 1. The molecule has 1 fully saturated rings. The number of hydrogen-bond acceptors (Lipinski definition) is 5. The topological polar surface area (TPSA) is 68.0 Å². The van der Waals surface area contributed by atoms with E-state index in [9.17, 15) is 4.79 Å². The molecule has 0 saturated heterocycles. The summed E-state index contributed by atoms with van der Waals surface area (Å²) in [4.78, 5) is 20.6. The lowest BCUT2D eigenvalue weighted by Gasteiger charge is -2.16. The number of nitrogens with two attached hydrogens (primary N) is 1. The van der Waals surface area contributed by atoms with Crippen LogP contribution in [0.3, 0.4) is 0 Å². The fourth-order valence-electron chi connectivity index (χ4n) is 3.10. The van der Waals surface area contributed by atoms with E-state index in [1.165, 1.54) is 4.88 Å². The minimum Gasteiger partial charge on any atom is -0.330 e. The Morgan fingerprint density at radius 3 is 2.78 bits per heavy atom. The van der Waals surface area contributed by atoms with Crippen LogP contribution in [0.4, 0.5) is 5.13 Å². The summed E-state index contributed by atoms with van der Waals surface area (Å²) in [5.74, 6) is 0.442. The zero-order chi connectivity index (χ0) is 15.7. The van der Waals surface area contributed by atoms with Gasteiger partial charge >= 0.3 is 0 Å². The summed E-state index contributed by atoms with van der Waals surface area (Å²) in [5, 5.41) is 3.70. The molecule has 2 atom stereocenters. The van der Waals surface area contributed by atoms with E-state index < -0.39 is 0 Å². The highest BCUT2D eigenvalue weighted by Gasteiger charge is 2.32. The summed E-state index contributed by atoms with van der Waals surface area (Å²) in [6.07, 6.45) is 3.09. The number of anilines is 1. The smallest absolute Gasteiger partial charge is 0.229 e. The molecule has 1 saturated carbocycles. The van der Waals surface area contributed by atoms with E-state index in [4.69, 9.17) is 5.73 Å². The first kappa shape index (κ1) is 18.4. The summed E-state index contributed by atoms with van der Waals surface area (Å²) in [6, 6.07) is 4.19. The van der Waals surface area contributed by atoms with Crippen molar-refractivity contribution >= 4 is 46.1 Å². The second-order valence-electron chi connectivity index (χ2n) is 5.86. The Morgan fingerprint density at radius 1 is 1.35 bits per heavy atom. The Bertz CT molecular complexity index is 683. The van der Waals surface area contributed by atoms with Crippen molar-refractivity contribution in [3.63, 3.8) is 0 Å². The van der Waals surface area contributed by atoms with E-state index in [-0.39, 0.29) is 24.2 Å². The number of aryl methyl sites for hydroxylation is 2. The fraction of sp³-hybridized carbons (Fsp3) is 0.500. The third kappa shape index (κ3) is 3.94. The molecule has 1 aliphatic carbocycles. The van der Waals surface area contributed by atoms with Crippen molar-refractivity contribution in [1.29, 1.82) is 0 Å². The van der Waals surface area contributed by atoms with Gasteiger partial charge in [0.15, 0.2) is 5.13 Å². The lowest BCUT2D eigenvalue weighted by Crippen LogP contribution is -2.29. The predicted molar refractivity (Wildman–Crippen MR) is 101 cm³/mol. The number of thiophene rings is 1. The molecular weight excluding hydrogens is 350 g/mol. The van der Waals surface area contributed by atoms with Crippen LogP contribution in [0.15, 0.2) is 12.1 Å². The second-order valence-corrected chi connectivity index (χ2v) is 8.35. The van der Waals surface area contributed by atoms with Gasteiger partial charge in [-0.05, 0) is 51.3 Å². The standard InChI is InChI=1S/C16H21N3OS2.ClH/c1-9-6-7-13(21-9)14-10(2)22-16(18-14)19-15(20)12-5-3-4-11(12)8-17;/h6-7,11-12H,3-5,8,17H2,1-2H3,(H,18,19,20);1H/t11-,12-;/m1./s1. The number of nitrogens with zero attached hydrogens (tertiary/aromatic N) is 1. The molecule has 2 heterocycles.